The minimum absolute atomic E-state index is 0.0161. The largest absolute Gasteiger partial charge is 0.490 e. The van der Waals surface area contributed by atoms with E-state index >= 15 is 0 Å². The molecule has 0 spiro atoms. The molecule has 8 nitrogen and oxygen atoms in total. The Hall–Kier alpha value is -4.07. The summed E-state index contributed by atoms with van der Waals surface area (Å²) in [6, 6.07) is 18.3. The van der Waals surface area contributed by atoms with Crippen molar-refractivity contribution >= 4 is 23.4 Å². The number of urea groups is 1. The molecule has 0 radical (unpaired) electrons. The minimum atomic E-state index is -1.01. The molecule has 0 bridgehead atoms. The first kappa shape index (κ1) is 22.1. The summed E-state index contributed by atoms with van der Waals surface area (Å²) in [5.74, 6) is 0.0382. The van der Waals surface area contributed by atoms with Gasteiger partial charge in [0.25, 0.3) is 0 Å². The highest BCUT2D eigenvalue weighted by Gasteiger charge is 2.28. The van der Waals surface area contributed by atoms with Crippen molar-refractivity contribution in [3.63, 3.8) is 0 Å². The lowest BCUT2D eigenvalue weighted by molar-refractivity contribution is -0.148. The van der Waals surface area contributed by atoms with E-state index in [9.17, 15) is 14.7 Å². The number of ether oxygens (including phenoxy) is 2. The Morgan fingerprint density at radius 1 is 1.12 bits per heavy atom. The smallest absolute Gasteiger partial charge is 0.326 e. The van der Waals surface area contributed by atoms with Crippen molar-refractivity contribution in [1.82, 2.24) is 4.98 Å². The van der Waals surface area contributed by atoms with Crippen molar-refractivity contribution in [2.24, 2.45) is 5.41 Å². The van der Waals surface area contributed by atoms with Crippen LogP contribution in [0.15, 0.2) is 66.9 Å². The summed E-state index contributed by atoms with van der Waals surface area (Å²) in [7, 11) is 0. The monoisotopic (exact) mass is 447 g/mol. The molecule has 8 heteroatoms. The molecular weight excluding hydrogens is 422 g/mol. The van der Waals surface area contributed by atoms with Gasteiger partial charge in [0.1, 0.15) is 19.0 Å². The predicted molar refractivity (Wildman–Crippen MR) is 125 cm³/mol. The first-order valence-electron chi connectivity index (χ1n) is 10.6. The van der Waals surface area contributed by atoms with Crippen LogP contribution in [0.4, 0.5) is 16.2 Å². The maximum absolute atomic E-state index is 12.8. The molecule has 0 atom stereocenters. The molecule has 0 fully saturated rings. The van der Waals surface area contributed by atoms with Crippen LogP contribution in [0.2, 0.25) is 0 Å². The van der Waals surface area contributed by atoms with Crippen molar-refractivity contribution in [3.8, 4) is 22.8 Å². The molecule has 170 valence electrons. The van der Waals surface area contributed by atoms with Crippen LogP contribution in [0, 0.1) is 5.41 Å². The number of benzene rings is 2. The molecular formula is C25H25N3O5. The van der Waals surface area contributed by atoms with Crippen molar-refractivity contribution in [3.05, 3.63) is 66.9 Å². The third kappa shape index (κ3) is 5.06. The number of carboxylic acid groups (broad SMARTS) is 1. The second kappa shape index (κ2) is 9.20. The zero-order chi connectivity index (χ0) is 23.4. The summed E-state index contributed by atoms with van der Waals surface area (Å²) in [5.41, 5.74) is 2.14. The second-order valence-electron chi connectivity index (χ2n) is 8.34. The Bertz CT molecular complexity index is 1150. The van der Waals surface area contributed by atoms with E-state index in [1.807, 2.05) is 54.6 Å². The number of amides is 2. The number of hydrogen-bond acceptors (Lipinski definition) is 5. The number of fused-ring (bicyclic) bond motifs is 1. The zero-order valence-electron chi connectivity index (χ0n) is 18.4. The molecule has 2 N–H and O–H groups in total. The normalized spacial score (nSPS) is 13.0. The lowest BCUT2D eigenvalue weighted by Gasteiger charge is -2.30. The second-order valence-corrected chi connectivity index (χ2v) is 8.34. The number of hydrogen-bond donors (Lipinski definition) is 2. The number of para-hydroxylation sites is 1. The van der Waals surface area contributed by atoms with Gasteiger partial charge in [-0.2, -0.15) is 0 Å². The van der Waals surface area contributed by atoms with Gasteiger partial charge in [-0.05, 0) is 49.7 Å². The van der Waals surface area contributed by atoms with Crippen LogP contribution < -0.4 is 19.7 Å². The molecule has 33 heavy (non-hydrogen) atoms. The fourth-order valence-corrected chi connectivity index (χ4v) is 3.28. The highest BCUT2D eigenvalue weighted by molar-refractivity contribution is 6.03. The van der Waals surface area contributed by atoms with Gasteiger partial charge in [-0.25, -0.2) is 9.78 Å². The highest BCUT2D eigenvalue weighted by Crippen LogP contribution is 2.36. The van der Waals surface area contributed by atoms with Crippen molar-refractivity contribution in [1.29, 1.82) is 0 Å². The molecule has 1 aliphatic heterocycles. The summed E-state index contributed by atoms with van der Waals surface area (Å²) >= 11 is 0. The van der Waals surface area contributed by atoms with E-state index in [0.29, 0.717) is 30.5 Å². The van der Waals surface area contributed by atoms with Crippen molar-refractivity contribution < 1.29 is 24.2 Å². The molecule has 0 saturated heterocycles. The minimum Gasteiger partial charge on any atom is -0.490 e. The molecule has 4 rings (SSSR count). The van der Waals surface area contributed by atoms with E-state index in [2.05, 4.69) is 10.3 Å². The standard InChI is InChI=1S/C25H25N3O5/c1-25(2,23(29)30)16-33-22-11-9-18(15-26-22)17-8-10-20-21(14-17)32-13-12-28(20)24(31)27-19-6-4-3-5-7-19/h3-11,14-15H,12-13,16H2,1-2H3,(H,27,31)(H,29,30). The van der Waals surface area contributed by atoms with E-state index in [1.165, 1.54) is 0 Å². The number of aromatic nitrogens is 1. The molecule has 2 heterocycles. The van der Waals surface area contributed by atoms with Gasteiger partial charge >= 0.3 is 12.0 Å². The summed E-state index contributed by atoms with van der Waals surface area (Å²) < 4.78 is 11.4. The van der Waals surface area contributed by atoms with Gasteiger partial charge in [0, 0.05) is 23.5 Å². The van der Waals surface area contributed by atoms with Gasteiger partial charge < -0.3 is 19.9 Å². The van der Waals surface area contributed by atoms with Crippen LogP contribution in [-0.2, 0) is 4.79 Å². The van der Waals surface area contributed by atoms with Gasteiger partial charge in [-0.3, -0.25) is 9.69 Å². The van der Waals surface area contributed by atoms with Crippen molar-refractivity contribution in [2.45, 2.75) is 13.8 Å². The quantitative estimate of drug-likeness (QED) is 0.570. The van der Waals surface area contributed by atoms with Crippen molar-refractivity contribution in [2.75, 3.05) is 30.0 Å². The number of aliphatic carboxylic acids is 1. The van der Waals surface area contributed by atoms with Gasteiger partial charge in [0.15, 0.2) is 0 Å². The first-order valence-corrected chi connectivity index (χ1v) is 10.6. The first-order chi connectivity index (χ1) is 15.8. The average molecular weight is 447 g/mol. The SMILES string of the molecule is CC(C)(COc1ccc(-c2ccc3c(c2)OCCN3C(=O)Nc2ccccc2)cn1)C(=O)O. The predicted octanol–water partition coefficient (Wildman–Crippen LogP) is 4.67. The fourth-order valence-electron chi connectivity index (χ4n) is 3.28. The van der Waals surface area contributed by atoms with Gasteiger partial charge in [-0.1, -0.05) is 24.3 Å². The number of carboxylic acids is 1. The van der Waals surface area contributed by atoms with Crippen LogP contribution in [0.3, 0.4) is 0 Å². The Kier molecular flexibility index (Phi) is 6.17. The molecule has 2 aromatic carbocycles. The van der Waals surface area contributed by atoms with Crippen LogP contribution >= 0.6 is 0 Å². The molecule has 1 aromatic heterocycles. The van der Waals surface area contributed by atoms with Crippen LogP contribution in [0.25, 0.3) is 11.1 Å². The summed E-state index contributed by atoms with van der Waals surface area (Å²) in [4.78, 5) is 30.0. The number of pyridine rings is 1. The summed E-state index contributed by atoms with van der Waals surface area (Å²) in [6.45, 7) is 4.05. The third-order valence-electron chi connectivity index (χ3n) is 5.32. The summed E-state index contributed by atoms with van der Waals surface area (Å²) in [6.07, 6.45) is 1.66. The van der Waals surface area contributed by atoms with E-state index in [0.717, 1.165) is 16.8 Å². The number of nitrogens with zero attached hydrogens (tertiary/aromatic N) is 2. The number of rotatable bonds is 6. The highest BCUT2D eigenvalue weighted by atomic mass is 16.5. The van der Waals surface area contributed by atoms with E-state index in [1.54, 1.807) is 31.0 Å². The van der Waals surface area contributed by atoms with E-state index < -0.39 is 11.4 Å². The Morgan fingerprint density at radius 2 is 1.88 bits per heavy atom. The van der Waals surface area contributed by atoms with Gasteiger partial charge in [0.2, 0.25) is 5.88 Å². The summed E-state index contributed by atoms with van der Waals surface area (Å²) in [5, 5.41) is 12.1. The Morgan fingerprint density at radius 3 is 2.58 bits per heavy atom. The lowest BCUT2D eigenvalue weighted by Crippen LogP contribution is -2.40. The number of nitrogens with one attached hydrogen (secondary N) is 1. The molecule has 3 aromatic rings. The maximum Gasteiger partial charge on any atom is 0.326 e. The Labute approximate surface area is 191 Å². The molecule has 0 unspecified atom stereocenters. The molecule has 0 aliphatic carbocycles. The van der Waals surface area contributed by atoms with Gasteiger partial charge in [-0.15, -0.1) is 0 Å². The fraction of sp³-hybridized carbons (Fsp3) is 0.240. The number of carbonyl (C=O) groups is 2. The van der Waals surface area contributed by atoms with Crippen LogP contribution in [-0.4, -0.2) is 41.8 Å². The third-order valence-corrected chi connectivity index (χ3v) is 5.32. The average Bonchev–Trinajstić information content (AvgIpc) is 2.83. The van der Waals surface area contributed by atoms with Crippen LogP contribution in [0.5, 0.6) is 11.6 Å². The molecule has 2 amide bonds. The number of anilines is 2. The molecule has 1 aliphatic rings. The molecule has 0 saturated carbocycles. The topological polar surface area (TPSA) is 101 Å². The lowest BCUT2D eigenvalue weighted by atomic mass is 9.95. The van der Waals surface area contributed by atoms with Crippen LogP contribution in [0.1, 0.15) is 13.8 Å². The maximum atomic E-state index is 12.8. The van der Waals surface area contributed by atoms with Gasteiger partial charge in [0.05, 0.1) is 17.6 Å². The van der Waals surface area contributed by atoms with E-state index in [-0.39, 0.29) is 12.6 Å². The Balaban J connectivity index is 1.47. The number of carbonyl (C=O) groups excluding carboxylic acids is 1. The zero-order valence-corrected chi connectivity index (χ0v) is 18.4. The van der Waals surface area contributed by atoms with E-state index in [4.69, 9.17) is 9.47 Å².